The molecule has 208 valence electrons. The van der Waals surface area contributed by atoms with Crippen molar-refractivity contribution in [3.05, 3.63) is 64.1 Å². The van der Waals surface area contributed by atoms with Crippen molar-refractivity contribution in [3.63, 3.8) is 0 Å². The second kappa shape index (κ2) is 11.0. The number of hydrogen-bond acceptors (Lipinski definition) is 7. The van der Waals surface area contributed by atoms with Gasteiger partial charge in [-0.3, -0.25) is 9.59 Å². The fourth-order valence-electron chi connectivity index (χ4n) is 4.22. The number of pyridine rings is 1. The minimum absolute atomic E-state index is 0.0323. The highest BCUT2D eigenvalue weighted by molar-refractivity contribution is 6.07. The average molecular weight is 549 g/mol. The van der Waals surface area contributed by atoms with Gasteiger partial charge in [0.15, 0.2) is 0 Å². The maximum absolute atomic E-state index is 15.5. The summed E-state index contributed by atoms with van der Waals surface area (Å²) in [5, 5.41) is 2.51. The highest BCUT2D eigenvalue weighted by Crippen LogP contribution is 2.36. The Morgan fingerprint density at radius 3 is 2.49 bits per heavy atom. The number of amides is 1. The molecule has 2 N–H and O–H groups in total. The number of nitrogens with zero attached hydrogens (tertiary/aromatic N) is 4. The molecule has 1 aromatic carbocycles. The molecule has 1 atom stereocenters. The number of rotatable bonds is 6. The highest BCUT2D eigenvalue weighted by Gasteiger charge is 2.36. The number of H-pyrrole nitrogens is 1. The molecule has 0 spiro atoms. The molecule has 1 fully saturated rings. The lowest BCUT2D eigenvalue weighted by Gasteiger charge is -2.39. The molecule has 0 saturated carbocycles. The van der Waals surface area contributed by atoms with Gasteiger partial charge in [0.1, 0.15) is 5.82 Å². The van der Waals surface area contributed by atoms with Gasteiger partial charge in [-0.2, -0.15) is 13.2 Å². The summed E-state index contributed by atoms with van der Waals surface area (Å²) >= 11 is 0. The number of nitrogens with one attached hydrogen (secondary N) is 2. The molecule has 0 aliphatic carbocycles. The number of benzene rings is 1. The van der Waals surface area contributed by atoms with Crippen LogP contribution in [0.4, 0.5) is 28.9 Å². The fourth-order valence-corrected chi connectivity index (χ4v) is 4.22. The van der Waals surface area contributed by atoms with Crippen molar-refractivity contribution >= 4 is 17.3 Å². The summed E-state index contributed by atoms with van der Waals surface area (Å²) in [5.74, 6) is -1.74. The maximum atomic E-state index is 15.5. The number of aromatic nitrogens is 3. The molecule has 9 nitrogen and oxygen atoms in total. The van der Waals surface area contributed by atoms with Gasteiger partial charge in [0.05, 0.1) is 28.6 Å². The van der Waals surface area contributed by atoms with Crippen molar-refractivity contribution in [1.82, 2.24) is 19.9 Å². The fraction of sp³-hybridized carbons (Fsp3) is 0.385. The van der Waals surface area contributed by atoms with Crippen LogP contribution in [-0.4, -0.2) is 64.6 Å². The first-order valence-corrected chi connectivity index (χ1v) is 12.2. The standard InChI is InChI=1S/C26H28F4N6O3/c1-14(2)39-25-32-10-16(11-33-25)17-7-21(22(9-20(17)27)36-6-5-35(4)15(3)13-36)34-24(38)18-12-31-23(37)8-19(18)26(28,29)30/h7-12,14-15H,5-6,13H2,1-4H3,(H,31,37)(H,34,38)/t15-/m0/s1. The van der Waals surface area contributed by atoms with Gasteiger partial charge in [0.25, 0.3) is 5.91 Å². The van der Waals surface area contributed by atoms with E-state index in [1.54, 1.807) is 13.8 Å². The van der Waals surface area contributed by atoms with E-state index in [-0.39, 0.29) is 35.0 Å². The number of alkyl halides is 3. The van der Waals surface area contributed by atoms with Gasteiger partial charge >= 0.3 is 12.2 Å². The van der Waals surface area contributed by atoms with Crippen LogP contribution in [0.2, 0.25) is 0 Å². The van der Waals surface area contributed by atoms with E-state index in [1.165, 1.54) is 24.5 Å². The first-order valence-electron chi connectivity index (χ1n) is 12.2. The molecule has 2 aromatic heterocycles. The van der Waals surface area contributed by atoms with Gasteiger partial charge in [-0.15, -0.1) is 0 Å². The zero-order valence-corrected chi connectivity index (χ0v) is 21.8. The van der Waals surface area contributed by atoms with Crippen molar-refractivity contribution in [3.8, 4) is 17.1 Å². The van der Waals surface area contributed by atoms with Crippen LogP contribution in [-0.2, 0) is 6.18 Å². The molecule has 1 amide bonds. The van der Waals surface area contributed by atoms with Crippen LogP contribution in [0, 0.1) is 5.82 Å². The summed E-state index contributed by atoms with van der Waals surface area (Å²) in [4.78, 5) is 39.0. The summed E-state index contributed by atoms with van der Waals surface area (Å²) in [6, 6.07) is 3.10. The molecule has 39 heavy (non-hydrogen) atoms. The van der Waals surface area contributed by atoms with Crippen LogP contribution < -0.4 is 20.5 Å². The van der Waals surface area contributed by atoms with E-state index < -0.39 is 34.6 Å². The van der Waals surface area contributed by atoms with Crippen molar-refractivity contribution in [2.24, 2.45) is 0 Å². The van der Waals surface area contributed by atoms with Gasteiger partial charge < -0.3 is 24.8 Å². The Bertz CT molecular complexity index is 1410. The predicted molar refractivity (Wildman–Crippen MR) is 138 cm³/mol. The maximum Gasteiger partial charge on any atom is 0.417 e. The van der Waals surface area contributed by atoms with Crippen molar-refractivity contribution in [1.29, 1.82) is 0 Å². The molecule has 3 heterocycles. The van der Waals surface area contributed by atoms with E-state index >= 15 is 4.39 Å². The van der Waals surface area contributed by atoms with E-state index in [4.69, 9.17) is 4.74 Å². The van der Waals surface area contributed by atoms with Crippen LogP contribution in [0.1, 0.15) is 36.7 Å². The van der Waals surface area contributed by atoms with E-state index in [0.717, 1.165) is 0 Å². The molecule has 1 aliphatic rings. The minimum Gasteiger partial charge on any atom is -0.461 e. The zero-order chi connectivity index (χ0) is 28.5. The quantitative estimate of drug-likeness (QED) is 0.446. The minimum atomic E-state index is -4.94. The summed E-state index contributed by atoms with van der Waals surface area (Å²) in [6.45, 7) is 7.24. The third-order valence-electron chi connectivity index (χ3n) is 6.39. The number of likely N-dealkylation sites (N-methyl/N-ethyl adjacent to an activating group) is 1. The summed E-state index contributed by atoms with van der Waals surface area (Å²) in [7, 11) is 1.95. The monoisotopic (exact) mass is 548 g/mol. The molecule has 3 aromatic rings. The average Bonchev–Trinajstić information content (AvgIpc) is 2.86. The normalized spacial score (nSPS) is 16.4. The lowest BCUT2D eigenvalue weighted by atomic mass is 10.0. The molecule has 0 radical (unpaired) electrons. The lowest BCUT2D eigenvalue weighted by Crippen LogP contribution is -2.50. The second-order valence-corrected chi connectivity index (χ2v) is 9.62. The van der Waals surface area contributed by atoms with Crippen molar-refractivity contribution < 1.29 is 27.1 Å². The van der Waals surface area contributed by atoms with E-state index in [0.29, 0.717) is 37.6 Å². The smallest absolute Gasteiger partial charge is 0.417 e. The van der Waals surface area contributed by atoms with Crippen molar-refractivity contribution in [2.75, 3.05) is 36.9 Å². The van der Waals surface area contributed by atoms with Gasteiger partial charge in [-0.05, 0) is 40.0 Å². The van der Waals surface area contributed by atoms with Gasteiger partial charge in [0.2, 0.25) is 5.56 Å². The Morgan fingerprint density at radius 1 is 1.18 bits per heavy atom. The van der Waals surface area contributed by atoms with Gasteiger partial charge in [-0.25, -0.2) is 14.4 Å². The van der Waals surface area contributed by atoms with Gasteiger partial charge in [-0.1, -0.05) is 0 Å². The molecular formula is C26H28F4N6O3. The molecule has 0 bridgehead atoms. The highest BCUT2D eigenvalue weighted by atomic mass is 19.4. The zero-order valence-electron chi connectivity index (χ0n) is 21.8. The molecule has 13 heteroatoms. The molecular weight excluding hydrogens is 520 g/mol. The third kappa shape index (κ3) is 6.36. The van der Waals surface area contributed by atoms with Crippen LogP contribution in [0.5, 0.6) is 6.01 Å². The number of anilines is 2. The van der Waals surface area contributed by atoms with Crippen LogP contribution >= 0.6 is 0 Å². The number of piperazine rings is 1. The Morgan fingerprint density at radius 2 is 1.87 bits per heavy atom. The Kier molecular flexibility index (Phi) is 7.91. The first-order chi connectivity index (χ1) is 18.3. The lowest BCUT2D eigenvalue weighted by molar-refractivity contribution is -0.138. The Balaban J connectivity index is 1.77. The predicted octanol–water partition coefficient (Wildman–Crippen LogP) is 4.17. The summed E-state index contributed by atoms with van der Waals surface area (Å²) < 4.78 is 61.7. The largest absolute Gasteiger partial charge is 0.461 e. The number of carbonyl (C=O) groups excluding carboxylic acids is 1. The topological polar surface area (TPSA) is 103 Å². The van der Waals surface area contributed by atoms with Crippen molar-refractivity contribution in [2.45, 2.75) is 39.1 Å². The third-order valence-corrected chi connectivity index (χ3v) is 6.39. The van der Waals surface area contributed by atoms with Crippen LogP contribution in [0.3, 0.4) is 0 Å². The Hall–Kier alpha value is -4.00. The number of halogens is 4. The molecule has 1 saturated heterocycles. The van der Waals surface area contributed by atoms with Crippen LogP contribution in [0.15, 0.2) is 41.6 Å². The summed E-state index contributed by atoms with van der Waals surface area (Å²) in [5.41, 5.74) is -2.44. The molecule has 4 rings (SSSR count). The molecule has 1 aliphatic heterocycles. The van der Waals surface area contributed by atoms with E-state index in [9.17, 15) is 22.8 Å². The first kappa shape index (κ1) is 28.0. The number of aromatic amines is 1. The van der Waals surface area contributed by atoms with E-state index in [2.05, 4.69) is 25.2 Å². The van der Waals surface area contributed by atoms with Gasteiger partial charge in [0, 0.05) is 61.5 Å². The Labute approximate surface area is 221 Å². The summed E-state index contributed by atoms with van der Waals surface area (Å²) in [6.07, 6.45) is -1.69. The SMILES string of the molecule is CC(C)Oc1ncc(-c2cc(NC(=O)c3c[nH]c(=O)cc3C(F)(F)F)c(N3CCN(C)[C@@H](C)C3)cc2F)cn1. The van der Waals surface area contributed by atoms with E-state index in [1.807, 2.05) is 18.9 Å². The number of carbonyl (C=O) groups is 1. The molecule has 0 unspecified atom stereocenters. The number of hydrogen-bond donors (Lipinski definition) is 2. The van der Waals surface area contributed by atoms with Crippen LogP contribution in [0.25, 0.3) is 11.1 Å². The number of ether oxygens (including phenoxy) is 1. The second-order valence-electron chi connectivity index (χ2n) is 9.62.